The molecule has 0 spiro atoms. The fourth-order valence-corrected chi connectivity index (χ4v) is 4.43. The maximum atomic E-state index is 13.9. The van der Waals surface area contributed by atoms with Gasteiger partial charge in [0.15, 0.2) is 0 Å². The summed E-state index contributed by atoms with van der Waals surface area (Å²) in [6, 6.07) is 3.48. The van der Waals surface area contributed by atoms with E-state index in [-0.39, 0.29) is 17.7 Å². The maximum absolute atomic E-state index is 13.9. The van der Waals surface area contributed by atoms with Gasteiger partial charge in [-0.2, -0.15) is 0 Å². The summed E-state index contributed by atoms with van der Waals surface area (Å²) in [7, 11) is 0. The number of carbonyl (C=O) groups excluding carboxylic acids is 1. The van der Waals surface area contributed by atoms with E-state index in [1.165, 1.54) is 6.07 Å². The summed E-state index contributed by atoms with van der Waals surface area (Å²) in [6.45, 7) is 1.43. The van der Waals surface area contributed by atoms with Crippen LogP contribution in [0.4, 0.5) is 8.78 Å². The Morgan fingerprint density at radius 1 is 1.33 bits per heavy atom. The molecule has 1 saturated heterocycles. The van der Waals surface area contributed by atoms with Crippen LogP contribution in [0.25, 0.3) is 0 Å². The smallest absolute Gasteiger partial charge is 0.226 e. The molecule has 1 aliphatic heterocycles. The molecule has 6 heteroatoms. The van der Waals surface area contributed by atoms with E-state index in [1.54, 1.807) is 17.5 Å². The third kappa shape index (κ3) is 2.95. The Balaban J connectivity index is 1.44. The van der Waals surface area contributed by atoms with Crippen molar-refractivity contribution in [1.29, 1.82) is 0 Å². The van der Waals surface area contributed by atoms with Gasteiger partial charge in [0.05, 0.1) is 5.01 Å². The highest BCUT2D eigenvalue weighted by atomic mass is 32.1. The zero-order valence-corrected chi connectivity index (χ0v) is 13.9. The van der Waals surface area contributed by atoms with Crippen LogP contribution in [-0.4, -0.2) is 28.9 Å². The number of nitrogens with zero attached hydrogens (tertiary/aromatic N) is 2. The van der Waals surface area contributed by atoms with Crippen LogP contribution in [0.1, 0.15) is 41.7 Å². The fraction of sp³-hybridized carbons (Fsp3) is 0.444. The molecule has 2 aromatic rings. The van der Waals surface area contributed by atoms with E-state index in [1.807, 2.05) is 10.3 Å². The molecule has 0 unspecified atom stereocenters. The quantitative estimate of drug-likeness (QED) is 0.842. The predicted molar refractivity (Wildman–Crippen MR) is 87.9 cm³/mol. The van der Waals surface area contributed by atoms with Crippen LogP contribution in [0.5, 0.6) is 0 Å². The van der Waals surface area contributed by atoms with E-state index in [0.29, 0.717) is 24.4 Å². The first-order chi connectivity index (χ1) is 11.6. The number of hydrogen-bond donors (Lipinski definition) is 0. The van der Waals surface area contributed by atoms with E-state index in [0.717, 1.165) is 36.5 Å². The molecule has 4 rings (SSSR count). The molecule has 2 heterocycles. The summed E-state index contributed by atoms with van der Waals surface area (Å²) in [5.74, 6) is -0.900. The first kappa shape index (κ1) is 15.7. The molecule has 1 saturated carbocycles. The number of hydrogen-bond acceptors (Lipinski definition) is 3. The van der Waals surface area contributed by atoms with Crippen LogP contribution in [0.15, 0.2) is 29.8 Å². The number of halogens is 2. The number of piperidine rings is 1. The fourth-order valence-electron chi connectivity index (χ4n) is 3.66. The van der Waals surface area contributed by atoms with Crippen LogP contribution < -0.4 is 0 Å². The Hall–Kier alpha value is -1.82. The van der Waals surface area contributed by atoms with Gasteiger partial charge in [-0.3, -0.25) is 4.79 Å². The van der Waals surface area contributed by atoms with Crippen LogP contribution >= 0.6 is 11.3 Å². The molecule has 0 N–H and O–H groups in total. The van der Waals surface area contributed by atoms with Crippen molar-refractivity contribution in [3.8, 4) is 0 Å². The number of carbonyl (C=O) groups is 1. The Kier molecular flexibility index (Phi) is 4.08. The third-order valence-electron chi connectivity index (χ3n) is 5.00. The van der Waals surface area contributed by atoms with Crippen LogP contribution in [0, 0.1) is 17.6 Å². The van der Waals surface area contributed by atoms with Crippen LogP contribution in [0.2, 0.25) is 0 Å². The Morgan fingerprint density at radius 3 is 3.00 bits per heavy atom. The van der Waals surface area contributed by atoms with Crippen molar-refractivity contribution < 1.29 is 13.6 Å². The van der Waals surface area contributed by atoms with E-state index >= 15 is 0 Å². The SMILES string of the molecule is O=C([C@@H]1C[C@@H]1c1cc(F)ccc1F)N1CCC[C@H](c2nccs2)C1. The predicted octanol–water partition coefficient (Wildman–Crippen LogP) is 3.93. The zero-order chi connectivity index (χ0) is 16.7. The average molecular weight is 348 g/mol. The second kappa shape index (κ2) is 6.24. The van der Waals surface area contributed by atoms with Gasteiger partial charge in [-0.15, -0.1) is 11.3 Å². The summed E-state index contributed by atoms with van der Waals surface area (Å²) in [6.07, 6.45) is 4.41. The van der Waals surface area contributed by atoms with E-state index < -0.39 is 11.6 Å². The summed E-state index contributed by atoms with van der Waals surface area (Å²) in [5.41, 5.74) is 0.335. The first-order valence-corrected chi connectivity index (χ1v) is 9.14. The van der Waals surface area contributed by atoms with Gasteiger partial charge in [0, 0.05) is 36.5 Å². The standard InChI is InChI=1S/C18H18F2N2OS/c19-12-3-4-16(20)14(8-12)13-9-15(13)18(23)22-6-1-2-11(10-22)17-21-5-7-24-17/h3-5,7-8,11,13,15H,1-2,6,9-10H2/t11-,13+,15+/m0/s1. The largest absolute Gasteiger partial charge is 0.342 e. The highest BCUT2D eigenvalue weighted by Crippen LogP contribution is 2.49. The third-order valence-corrected chi connectivity index (χ3v) is 5.94. The lowest BCUT2D eigenvalue weighted by Crippen LogP contribution is -2.40. The van der Waals surface area contributed by atoms with Gasteiger partial charge < -0.3 is 4.90 Å². The molecule has 2 fully saturated rings. The lowest BCUT2D eigenvalue weighted by molar-refractivity contribution is -0.133. The molecular formula is C18H18F2N2OS. The minimum atomic E-state index is -0.452. The molecule has 3 nitrogen and oxygen atoms in total. The van der Waals surface area contributed by atoms with Crippen molar-refractivity contribution in [2.45, 2.75) is 31.1 Å². The minimum Gasteiger partial charge on any atom is -0.342 e. The maximum Gasteiger partial charge on any atom is 0.226 e. The summed E-state index contributed by atoms with van der Waals surface area (Å²) in [5, 5.41) is 3.04. The first-order valence-electron chi connectivity index (χ1n) is 8.26. The second-order valence-electron chi connectivity index (χ2n) is 6.61. The molecule has 2 aliphatic rings. The molecule has 1 aromatic heterocycles. The van der Waals surface area contributed by atoms with Crippen molar-refractivity contribution in [2.75, 3.05) is 13.1 Å². The molecule has 1 amide bonds. The molecule has 3 atom stereocenters. The molecule has 1 aromatic carbocycles. The lowest BCUT2D eigenvalue weighted by atomic mass is 9.98. The summed E-state index contributed by atoms with van der Waals surface area (Å²) < 4.78 is 27.2. The van der Waals surface area contributed by atoms with Gasteiger partial charge in [-0.25, -0.2) is 13.8 Å². The molecule has 126 valence electrons. The highest BCUT2D eigenvalue weighted by molar-refractivity contribution is 7.09. The van der Waals surface area contributed by atoms with Crippen LogP contribution in [-0.2, 0) is 4.79 Å². The summed E-state index contributed by atoms with van der Waals surface area (Å²) in [4.78, 5) is 19.0. The van der Waals surface area contributed by atoms with E-state index in [2.05, 4.69) is 4.98 Å². The van der Waals surface area contributed by atoms with Gasteiger partial charge in [0.25, 0.3) is 0 Å². The van der Waals surface area contributed by atoms with E-state index in [9.17, 15) is 13.6 Å². The zero-order valence-electron chi connectivity index (χ0n) is 13.1. The van der Waals surface area contributed by atoms with Gasteiger partial charge in [0.2, 0.25) is 5.91 Å². The van der Waals surface area contributed by atoms with Crippen molar-refractivity contribution in [1.82, 2.24) is 9.88 Å². The number of amides is 1. The van der Waals surface area contributed by atoms with Gasteiger partial charge >= 0.3 is 0 Å². The minimum absolute atomic E-state index is 0.0740. The molecular weight excluding hydrogens is 330 g/mol. The number of likely N-dealkylation sites (tertiary alicyclic amines) is 1. The Bertz CT molecular complexity index is 749. The summed E-state index contributed by atoms with van der Waals surface area (Å²) >= 11 is 1.63. The van der Waals surface area contributed by atoms with Crippen LogP contribution in [0.3, 0.4) is 0 Å². The topological polar surface area (TPSA) is 33.2 Å². The Labute approximate surface area is 143 Å². The monoisotopic (exact) mass is 348 g/mol. The van der Waals surface area contributed by atoms with Crippen molar-refractivity contribution in [3.05, 3.63) is 52.0 Å². The van der Waals surface area contributed by atoms with Gasteiger partial charge in [0.1, 0.15) is 11.6 Å². The van der Waals surface area contributed by atoms with Crippen molar-refractivity contribution >= 4 is 17.2 Å². The lowest BCUT2D eigenvalue weighted by Gasteiger charge is -2.32. The highest BCUT2D eigenvalue weighted by Gasteiger charge is 2.47. The number of thiazole rings is 1. The number of benzene rings is 1. The van der Waals surface area contributed by atoms with Gasteiger partial charge in [-0.05, 0) is 48.9 Å². The molecule has 0 radical (unpaired) electrons. The molecule has 1 aliphatic carbocycles. The molecule has 0 bridgehead atoms. The Morgan fingerprint density at radius 2 is 2.21 bits per heavy atom. The number of rotatable bonds is 3. The van der Waals surface area contributed by atoms with Gasteiger partial charge in [-0.1, -0.05) is 0 Å². The normalized spacial score (nSPS) is 26.4. The van der Waals surface area contributed by atoms with Crippen molar-refractivity contribution in [2.24, 2.45) is 5.92 Å². The molecule has 24 heavy (non-hydrogen) atoms. The average Bonchev–Trinajstić information content (AvgIpc) is 3.19. The number of aromatic nitrogens is 1. The second-order valence-corrected chi connectivity index (χ2v) is 7.53. The van der Waals surface area contributed by atoms with Crippen molar-refractivity contribution in [3.63, 3.8) is 0 Å². The van der Waals surface area contributed by atoms with E-state index in [4.69, 9.17) is 0 Å².